The summed E-state index contributed by atoms with van der Waals surface area (Å²) < 4.78 is 33.2. The fraction of sp³-hybridized carbons (Fsp3) is 0.531. The number of aryl methyl sites for hydroxylation is 1. The Labute approximate surface area is 272 Å². The van der Waals surface area contributed by atoms with Crippen molar-refractivity contribution in [3.05, 3.63) is 46.8 Å². The number of anilines is 1. The summed E-state index contributed by atoms with van der Waals surface area (Å²) in [5, 5.41) is 7.87. The van der Waals surface area contributed by atoms with Crippen molar-refractivity contribution in [2.75, 3.05) is 18.9 Å². The van der Waals surface area contributed by atoms with Crippen LogP contribution < -0.4 is 15.4 Å². The number of carbonyl (C=O) groups is 4. The summed E-state index contributed by atoms with van der Waals surface area (Å²) in [5.74, 6) is -3.53. The largest absolute Gasteiger partial charge is 0.446 e. The molecule has 3 fully saturated rings. The number of allylic oxidation sites excluding steroid dienone is 1. The maximum Gasteiger partial charge on any atom is 0.411 e. The summed E-state index contributed by atoms with van der Waals surface area (Å²) in [7, 11) is -2.13. The van der Waals surface area contributed by atoms with Crippen molar-refractivity contribution in [3.63, 3.8) is 0 Å². The van der Waals surface area contributed by atoms with Crippen molar-refractivity contribution >= 4 is 50.9 Å². The maximum atomic E-state index is 13.9. The Bertz CT molecular complexity index is 1670. The van der Waals surface area contributed by atoms with Gasteiger partial charge in [-0.3, -0.25) is 24.4 Å². The fourth-order valence-corrected chi connectivity index (χ4v) is 8.43. The van der Waals surface area contributed by atoms with E-state index in [2.05, 4.69) is 20.3 Å². The molecule has 0 radical (unpaired) electrons. The third kappa shape index (κ3) is 6.97. The lowest BCUT2D eigenvalue weighted by atomic mass is 9.93. The minimum Gasteiger partial charge on any atom is -0.446 e. The quantitative estimate of drug-likeness (QED) is 0.392. The number of amides is 4. The lowest BCUT2D eigenvalue weighted by Crippen LogP contribution is -2.54. The van der Waals surface area contributed by atoms with E-state index in [0.29, 0.717) is 25.1 Å². The van der Waals surface area contributed by atoms with Crippen LogP contribution in [0.2, 0.25) is 0 Å². The normalized spacial score (nSPS) is 29.0. The van der Waals surface area contributed by atoms with E-state index in [1.807, 2.05) is 30.5 Å². The summed E-state index contributed by atoms with van der Waals surface area (Å²) in [6.45, 7) is 2.44. The molecule has 0 bridgehead atoms. The topological polar surface area (TPSA) is 164 Å². The van der Waals surface area contributed by atoms with Crippen molar-refractivity contribution in [1.29, 1.82) is 0 Å². The van der Waals surface area contributed by atoms with E-state index in [4.69, 9.17) is 4.74 Å². The number of aromatic nitrogens is 1. The van der Waals surface area contributed by atoms with Gasteiger partial charge < -0.3 is 15.0 Å². The number of sulfonamides is 1. The number of nitrogens with zero attached hydrogens (tertiary/aromatic N) is 2. The number of benzene rings is 1. The number of fused-ring (bicyclic) bond motifs is 2. The summed E-state index contributed by atoms with van der Waals surface area (Å²) in [4.78, 5) is 60.0. The van der Waals surface area contributed by atoms with Crippen molar-refractivity contribution in [2.24, 2.45) is 17.8 Å². The van der Waals surface area contributed by atoms with Gasteiger partial charge in [0.2, 0.25) is 21.8 Å². The van der Waals surface area contributed by atoms with Gasteiger partial charge in [0.05, 0.1) is 27.8 Å². The molecule has 3 saturated carbocycles. The van der Waals surface area contributed by atoms with Crippen LogP contribution in [0.5, 0.6) is 0 Å². The van der Waals surface area contributed by atoms with E-state index in [1.54, 1.807) is 30.1 Å². The number of thiazole rings is 1. The van der Waals surface area contributed by atoms with Crippen LogP contribution in [-0.4, -0.2) is 72.6 Å². The Balaban J connectivity index is 1.18. The molecule has 5 atom stereocenters. The molecule has 0 saturated heterocycles. The van der Waals surface area contributed by atoms with E-state index in [1.165, 1.54) is 11.3 Å². The molecule has 4 amide bonds. The summed E-state index contributed by atoms with van der Waals surface area (Å²) in [5.41, 5.74) is 0.736. The molecular weight excluding hydrogens is 631 g/mol. The first-order valence-electron chi connectivity index (χ1n) is 15.7. The van der Waals surface area contributed by atoms with Crippen molar-refractivity contribution in [1.82, 2.24) is 19.9 Å². The molecule has 1 aromatic heterocycles. The number of rotatable bonds is 6. The molecule has 0 spiro atoms. The second-order valence-electron chi connectivity index (χ2n) is 12.8. The average molecular weight is 670 g/mol. The second kappa shape index (κ2) is 12.8. The van der Waals surface area contributed by atoms with Gasteiger partial charge in [-0.1, -0.05) is 24.3 Å². The van der Waals surface area contributed by atoms with Gasteiger partial charge in [-0.2, -0.15) is 0 Å². The standard InChI is InChI=1S/C32H39N5O7S2/c1-19-33-27(18-45-19)20-8-7-10-22(14-20)34-31(41)44-23-15-25-26(16-23)29(39)37(2)13-6-4-3-5-9-21-17-32(21,35-28(25)38)30(40)36-46(42,43)24-11-12-24/h5,7-10,14,18,21,23-26H,3-4,6,11-13,15-17H2,1-2H3,(H,34,41)(H,35,38)(H,36,40)/b9-5-. The van der Waals surface area contributed by atoms with E-state index in [-0.39, 0.29) is 31.1 Å². The number of carbonyl (C=O) groups excluding carboxylic acids is 4. The Kier molecular flexibility index (Phi) is 8.94. The van der Waals surface area contributed by atoms with Gasteiger partial charge in [0.25, 0.3) is 5.91 Å². The maximum absolute atomic E-state index is 13.9. The molecule has 3 N–H and O–H groups in total. The number of hydrogen-bond acceptors (Lipinski definition) is 9. The van der Waals surface area contributed by atoms with Crippen LogP contribution in [0.4, 0.5) is 10.5 Å². The summed E-state index contributed by atoms with van der Waals surface area (Å²) >= 11 is 1.53. The minimum atomic E-state index is -3.83. The van der Waals surface area contributed by atoms with Crippen LogP contribution in [0.15, 0.2) is 41.8 Å². The first kappa shape index (κ1) is 32.2. The van der Waals surface area contributed by atoms with Gasteiger partial charge in [0, 0.05) is 36.1 Å². The van der Waals surface area contributed by atoms with E-state index >= 15 is 0 Å². The first-order valence-corrected chi connectivity index (χ1v) is 18.2. The molecule has 14 heteroatoms. The molecule has 246 valence electrons. The number of ether oxygens (including phenoxy) is 1. The van der Waals surface area contributed by atoms with Gasteiger partial charge >= 0.3 is 6.09 Å². The predicted molar refractivity (Wildman–Crippen MR) is 172 cm³/mol. The van der Waals surface area contributed by atoms with Crippen LogP contribution >= 0.6 is 11.3 Å². The monoisotopic (exact) mass is 669 g/mol. The van der Waals surface area contributed by atoms with Gasteiger partial charge in [0.15, 0.2) is 0 Å². The lowest BCUT2D eigenvalue weighted by molar-refractivity contribution is -0.140. The highest BCUT2D eigenvalue weighted by atomic mass is 32.2. The Morgan fingerprint density at radius 1 is 1.15 bits per heavy atom. The van der Waals surface area contributed by atoms with Gasteiger partial charge in [-0.25, -0.2) is 18.2 Å². The van der Waals surface area contributed by atoms with Crippen LogP contribution in [0.3, 0.4) is 0 Å². The van der Waals surface area contributed by atoms with E-state index in [9.17, 15) is 27.6 Å². The number of nitrogens with one attached hydrogen (secondary N) is 3. The van der Waals surface area contributed by atoms with Crippen molar-refractivity contribution < 1.29 is 32.3 Å². The van der Waals surface area contributed by atoms with Crippen molar-refractivity contribution in [2.45, 2.75) is 75.2 Å². The highest BCUT2D eigenvalue weighted by Crippen LogP contribution is 2.47. The zero-order valence-corrected chi connectivity index (χ0v) is 27.5. The minimum absolute atomic E-state index is 0.0835. The number of hydrogen-bond donors (Lipinski definition) is 3. The van der Waals surface area contributed by atoms with Crippen LogP contribution in [-0.2, 0) is 29.1 Å². The Morgan fingerprint density at radius 2 is 1.93 bits per heavy atom. The average Bonchev–Trinajstić information content (AvgIpc) is 3.90. The molecular formula is C32H39N5O7S2. The lowest BCUT2D eigenvalue weighted by Gasteiger charge is -2.26. The molecule has 6 rings (SSSR count). The zero-order valence-electron chi connectivity index (χ0n) is 25.9. The predicted octanol–water partition coefficient (Wildman–Crippen LogP) is 3.74. The molecule has 12 nitrogen and oxygen atoms in total. The third-order valence-electron chi connectivity index (χ3n) is 9.29. The first-order chi connectivity index (χ1) is 21.9. The van der Waals surface area contributed by atoms with E-state index < -0.39 is 56.7 Å². The SMILES string of the molecule is Cc1nc(-c2cccc(NC(=O)OC3CC4C(=O)NC5(C(=O)NS(=O)(=O)C6CC6)CC5/C=C\CCCCN(C)C(=O)C4C3)c2)cs1. The highest BCUT2D eigenvalue weighted by molar-refractivity contribution is 7.91. The highest BCUT2D eigenvalue weighted by Gasteiger charge is 2.62. The zero-order chi connectivity index (χ0) is 32.6. The molecule has 3 aliphatic carbocycles. The van der Waals surface area contributed by atoms with E-state index in [0.717, 1.165) is 35.5 Å². The fourth-order valence-electron chi connectivity index (χ4n) is 6.44. The Morgan fingerprint density at radius 3 is 2.67 bits per heavy atom. The van der Waals surface area contributed by atoms with Gasteiger partial charge in [0.1, 0.15) is 11.6 Å². The third-order valence-corrected chi connectivity index (χ3v) is 11.9. The van der Waals surface area contributed by atoms with Crippen LogP contribution in [0.1, 0.15) is 56.4 Å². The van der Waals surface area contributed by atoms with Crippen LogP contribution in [0, 0.1) is 24.7 Å². The molecule has 1 aromatic carbocycles. The van der Waals surface area contributed by atoms with Crippen LogP contribution in [0.25, 0.3) is 11.3 Å². The Hall–Kier alpha value is -3.78. The van der Waals surface area contributed by atoms with Gasteiger partial charge in [-0.05, 0) is 70.4 Å². The molecule has 46 heavy (non-hydrogen) atoms. The summed E-state index contributed by atoms with van der Waals surface area (Å²) in [6.07, 6.45) is 6.17. The smallest absolute Gasteiger partial charge is 0.411 e. The molecule has 2 heterocycles. The molecule has 4 aliphatic rings. The van der Waals surface area contributed by atoms with Gasteiger partial charge in [-0.15, -0.1) is 11.3 Å². The summed E-state index contributed by atoms with van der Waals surface area (Å²) in [6, 6.07) is 7.23. The molecule has 1 aliphatic heterocycles. The molecule has 2 aromatic rings. The molecule has 5 unspecified atom stereocenters. The second-order valence-corrected chi connectivity index (χ2v) is 15.8. The van der Waals surface area contributed by atoms with Crippen molar-refractivity contribution in [3.8, 4) is 11.3 Å².